The van der Waals surface area contributed by atoms with Crippen molar-refractivity contribution >= 4 is 78.8 Å². The Morgan fingerprint density at radius 3 is 2.23 bits per heavy atom. The zero-order valence-electron chi connectivity index (χ0n) is 47.4. The van der Waals surface area contributed by atoms with E-state index in [0.29, 0.717) is 96.2 Å². The number of ether oxygens (including phenoxy) is 2. The molecule has 84 heavy (non-hydrogen) atoms. The third-order valence-electron chi connectivity index (χ3n) is 16.4. The maximum atomic E-state index is 13.8. The Morgan fingerprint density at radius 1 is 0.786 bits per heavy atom. The molecule has 438 valence electrons. The number of carbonyl (C=O) groups excluding carboxylic acids is 5. The second kappa shape index (κ2) is 23.9. The van der Waals surface area contributed by atoms with Gasteiger partial charge in [0.2, 0.25) is 17.7 Å². The van der Waals surface area contributed by atoms with Gasteiger partial charge in [-0.2, -0.15) is 22.1 Å². The normalized spacial score (nSPS) is 17.2. The number of carboxylic acid groups (broad SMARTS) is 1. The predicted molar refractivity (Wildman–Crippen MR) is 315 cm³/mol. The van der Waals surface area contributed by atoms with Crippen molar-refractivity contribution in [2.75, 3.05) is 96.4 Å². The van der Waals surface area contributed by atoms with Crippen LogP contribution in [-0.4, -0.2) is 179 Å². The van der Waals surface area contributed by atoms with E-state index in [2.05, 4.69) is 20.4 Å². The largest absolute Gasteiger partial charge is 0.493 e. The number of aryl methyl sites for hydroxylation is 3. The van der Waals surface area contributed by atoms with Crippen LogP contribution in [0.3, 0.4) is 0 Å². The van der Waals surface area contributed by atoms with E-state index in [1.807, 2.05) is 103 Å². The number of carbonyl (C=O) groups is 6. The molecule has 23 heteroatoms. The number of carboxylic acids is 1. The lowest BCUT2D eigenvalue weighted by molar-refractivity contribution is -0.136. The number of hydrogen-bond acceptors (Lipinski definition) is 14. The number of rotatable bonds is 20. The van der Waals surface area contributed by atoms with Crippen LogP contribution in [0, 0.1) is 6.92 Å². The number of piperidine rings is 1. The van der Waals surface area contributed by atoms with Gasteiger partial charge in [0.15, 0.2) is 0 Å². The summed E-state index contributed by atoms with van der Waals surface area (Å²) in [6.07, 6.45) is 0.983. The molecule has 5 aromatic carbocycles. The third-order valence-corrected chi connectivity index (χ3v) is 18.4. The number of piperazine rings is 2. The molecule has 0 radical (unpaired) electrons. The van der Waals surface area contributed by atoms with E-state index < -0.39 is 45.8 Å². The lowest BCUT2D eigenvalue weighted by Crippen LogP contribution is -2.54. The second-order valence-corrected chi connectivity index (χ2v) is 23.8. The number of nitrogens with zero attached hydrogens (tertiary/aromatic N) is 9. The average Bonchev–Trinajstić information content (AvgIpc) is 4.13. The molecule has 1 atom stereocenters. The summed E-state index contributed by atoms with van der Waals surface area (Å²) < 4.78 is 44.8. The lowest BCUT2D eigenvalue weighted by Gasteiger charge is -2.36. The highest BCUT2D eigenvalue weighted by Gasteiger charge is 2.46. The van der Waals surface area contributed by atoms with Crippen molar-refractivity contribution in [2.24, 2.45) is 7.05 Å². The van der Waals surface area contributed by atoms with E-state index in [1.54, 1.807) is 21.7 Å². The monoisotopic (exact) mass is 1160 g/mol. The first-order valence-electron chi connectivity index (χ1n) is 28.2. The quantitative estimate of drug-likeness (QED) is 0.0642. The van der Waals surface area contributed by atoms with Crippen LogP contribution in [0.4, 0.5) is 11.4 Å². The van der Waals surface area contributed by atoms with Crippen molar-refractivity contribution in [1.29, 1.82) is 0 Å². The second-order valence-electron chi connectivity index (χ2n) is 21.7. The van der Waals surface area contributed by atoms with Crippen LogP contribution < -0.4 is 25.0 Å². The number of aromatic carboxylic acids is 1. The van der Waals surface area contributed by atoms with Gasteiger partial charge in [0.25, 0.3) is 22.0 Å². The van der Waals surface area contributed by atoms with E-state index >= 15 is 0 Å². The summed E-state index contributed by atoms with van der Waals surface area (Å²) in [7, 11) is 1.45. The van der Waals surface area contributed by atoms with Crippen molar-refractivity contribution < 1.29 is 51.8 Å². The number of nitrogens with one attached hydrogen (secondary N) is 2. The summed E-state index contributed by atoms with van der Waals surface area (Å²) in [5.74, 6) is -2.37. The fourth-order valence-corrected chi connectivity index (χ4v) is 13.2. The molecule has 0 saturated carbocycles. The van der Waals surface area contributed by atoms with Crippen LogP contribution in [0.15, 0.2) is 103 Å². The highest BCUT2D eigenvalue weighted by atomic mass is 32.2. The summed E-state index contributed by atoms with van der Waals surface area (Å²) >= 11 is 0. The van der Waals surface area contributed by atoms with Gasteiger partial charge in [0.05, 0.1) is 41.2 Å². The molecule has 7 aromatic rings. The van der Waals surface area contributed by atoms with Crippen LogP contribution >= 0.6 is 0 Å². The van der Waals surface area contributed by atoms with E-state index in [9.17, 15) is 42.3 Å². The highest BCUT2D eigenvalue weighted by Crippen LogP contribution is 2.39. The molecule has 0 aliphatic carbocycles. The number of fused-ring (bicyclic) bond motifs is 3. The molecule has 2 aromatic heterocycles. The van der Waals surface area contributed by atoms with Gasteiger partial charge in [0, 0.05) is 126 Å². The van der Waals surface area contributed by atoms with Gasteiger partial charge in [-0.1, -0.05) is 60.7 Å². The van der Waals surface area contributed by atoms with Crippen molar-refractivity contribution in [3.63, 3.8) is 0 Å². The molecule has 3 N–H and O–H groups in total. The van der Waals surface area contributed by atoms with Gasteiger partial charge in [0.1, 0.15) is 29.8 Å². The highest BCUT2D eigenvalue weighted by molar-refractivity contribution is 7.86. The minimum absolute atomic E-state index is 0.00332. The Kier molecular flexibility index (Phi) is 16.3. The molecule has 22 nitrogen and oxygen atoms in total. The molecule has 4 aliphatic rings. The zero-order valence-corrected chi connectivity index (χ0v) is 48.2. The molecule has 4 aliphatic heterocycles. The Hall–Kier alpha value is -8.64. The fraction of sp³-hybridized carbons (Fsp3) is 0.361. The van der Waals surface area contributed by atoms with Crippen LogP contribution in [0.2, 0.25) is 0 Å². The number of anilines is 2. The van der Waals surface area contributed by atoms with Gasteiger partial charge < -0.3 is 34.3 Å². The van der Waals surface area contributed by atoms with Crippen molar-refractivity contribution in [3.8, 4) is 22.6 Å². The van der Waals surface area contributed by atoms with Crippen LogP contribution in [0.1, 0.15) is 67.4 Å². The topological polar surface area (TPSA) is 241 Å². The van der Waals surface area contributed by atoms with E-state index in [0.717, 1.165) is 60.5 Å². The smallest absolute Gasteiger partial charge is 0.352 e. The molecule has 6 heterocycles. The van der Waals surface area contributed by atoms with Gasteiger partial charge >= 0.3 is 5.97 Å². The molecule has 5 amide bonds. The Balaban J connectivity index is 0.805. The molecule has 3 fully saturated rings. The number of para-hydroxylation sites is 1. The summed E-state index contributed by atoms with van der Waals surface area (Å²) in [6, 6.07) is 31.3. The Labute approximate surface area is 486 Å². The van der Waals surface area contributed by atoms with Crippen molar-refractivity contribution in [2.45, 2.75) is 51.8 Å². The van der Waals surface area contributed by atoms with Crippen LogP contribution in [-0.2, 0) is 51.2 Å². The van der Waals surface area contributed by atoms with E-state index in [4.69, 9.17) is 14.6 Å². The minimum atomic E-state index is -3.50. The minimum Gasteiger partial charge on any atom is -0.493 e. The number of imide groups is 2. The average molecular weight is 1160 g/mol. The molecule has 0 spiro atoms. The first-order valence-corrected chi connectivity index (χ1v) is 29.6. The molecule has 0 bridgehead atoms. The number of amides is 5. The molecular formula is C61H67N11O11S. The molecule has 3 saturated heterocycles. The van der Waals surface area contributed by atoms with Crippen molar-refractivity contribution in [3.05, 3.63) is 137 Å². The van der Waals surface area contributed by atoms with Gasteiger partial charge in [-0.05, 0) is 79.6 Å². The first-order chi connectivity index (χ1) is 40.5. The molecular weight excluding hydrogens is 1090 g/mol. The number of benzene rings is 5. The summed E-state index contributed by atoms with van der Waals surface area (Å²) in [5, 5.41) is 24.3. The summed E-state index contributed by atoms with van der Waals surface area (Å²) in [4.78, 5) is 86.1. The summed E-state index contributed by atoms with van der Waals surface area (Å²) in [5.41, 5.74) is 6.23. The summed E-state index contributed by atoms with van der Waals surface area (Å²) in [6.45, 7) is 6.72. The van der Waals surface area contributed by atoms with Crippen LogP contribution in [0.5, 0.6) is 11.5 Å². The standard InChI is InChI=1S/C61H67N11O11S/c1-39-54(50(66(4)64-39)38-83-42-22-20-41(21-23-42)68-31-33-70(34-32-68)84(80,81)65(2)3)46-15-8-14-44-45(17-10-36-82-51-19-7-12-40-11-5-6-13-43(40)51)57(61(78)79)71(56(44)46)35-28-67-26-29-69(30-27-67)53(74)37-62-48-18-9-16-47-55(48)60(77)72(59(47)76)49-24-25-52(73)63-58(49)75/h5-9,11-16,18-23,49,62H,10,17,24-38H2,1-4H3,(H,78,79)(H,63,73,75). The maximum Gasteiger partial charge on any atom is 0.352 e. The van der Waals surface area contributed by atoms with Gasteiger partial charge in [-0.3, -0.25) is 43.8 Å². The van der Waals surface area contributed by atoms with E-state index in [1.165, 1.54) is 28.8 Å². The Morgan fingerprint density at radius 2 is 1.49 bits per heavy atom. The Bertz CT molecular complexity index is 3840. The first kappa shape index (κ1) is 57.2. The zero-order chi connectivity index (χ0) is 59.0. The van der Waals surface area contributed by atoms with Gasteiger partial charge in [-0.15, -0.1) is 0 Å². The van der Waals surface area contributed by atoms with Crippen molar-refractivity contribution in [1.82, 2.24) is 43.0 Å². The predicted octanol–water partition coefficient (Wildman–Crippen LogP) is 5.38. The number of hydrogen-bond donors (Lipinski definition) is 3. The maximum absolute atomic E-state index is 13.8. The molecule has 1 unspecified atom stereocenters. The SMILES string of the molecule is Cc1nn(C)c(COc2ccc(N3CCN(S(=O)(=O)N(C)C)CC3)cc2)c1-c1cccc2c(CCCOc3cccc4ccccc34)c(C(=O)O)n(CCN3CCN(C(=O)CNc4cccc5c4C(=O)N(C4CCC(=O)NC4=O)C5=O)CC3)c12. The number of aromatic nitrogens is 3. The molecule has 11 rings (SSSR count). The van der Waals surface area contributed by atoms with E-state index in [-0.39, 0.29) is 54.4 Å². The third kappa shape index (κ3) is 11.2. The lowest BCUT2D eigenvalue weighted by atomic mass is 9.98. The van der Waals surface area contributed by atoms with Gasteiger partial charge in [-0.25, -0.2) is 4.79 Å². The fourth-order valence-electron chi connectivity index (χ4n) is 12.1. The van der Waals surface area contributed by atoms with Crippen LogP contribution in [0.25, 0.3) is 32.8 Å².